The van der Waals surface area contributed by atoms with E-state index >= 15 is 0 Å². The van der Waals surface area contributed by atoms with E-state index in [1.54, 1.807) is 0 Å². The molecule has 0 aliphatic carbocycles. The second-order valence-corrected chi connectivity index (χ2v) is 12.9. The van der Waals surface area contributed by atoms with Crippen LogP contribution in [0.15, 0.2) is 0 Å². The van der Waals surface area contributed by atoms with Crippen LogP contribution in [0.5, 0.6) is 0 Å². The molecule has 168 valence electrons. The molecule has 3 atom stereocenters. The average molecular weight is 440 g/mol. The van der Waals surface area contributed by atoms with E-state index in [1.165, 1.54) is 57.6 Å². The Balaban J connectivity index is 2.37. The minimum atomic E-state index is -4.35. The van der Waals surface area contributed by atoms with Crippen LogP contribution < -0.4 is 0 Å². The van der Waals surface area contributed by atoms with E-state index in [2.05, 4.69) is 14.0 Å². The van der Waals surface area contributed by atoms with Crippen molar-refractivity contribution in [2.45, 2.75) is 71.1 Å². The lowest BCUT2D eigenvalue weighted by atomic mass is 10.0. The molecule has 1 aliphatic heterocycles. The van der Waals surface area contributed by atoms with Gasteiger partial charge in [0.1, 0.15) is 9.84 Å². The van der Waals surface area contributed by atoms with Crippen molar-refractivity contribution in [2.75, 3.05) is 44.4 Å². The smallest absolute Gasteiger partial charge is 0.147 e. The average Bonchev–Trinajstić information content (AvgIpc) is 2.81. The van der Waals surface area contributed by atoms with Crippen molar-refractivity contribution in [2.24, 2.45) is 11.8 Å². The highest BCUT2D eigenvalue weighted by Crippen LogP contribution is 2.31. The summed E-state index contributed by atoms with van der Waals surface area (Å²) in [6.45, 7) is 4.38. The van der Waals surface area contributed by atoms with Crippen molar-refractivity contribution < 1.29 is 25.9 Å². The molecule has 1 aliphatic rings. The maximum absolute atomic E-state index is 11.7. The molecule has 1 rings (SSSR count). The Morgan fingerprint density at radius 1 is 0.786 bits per heavy atom. The molecule has 0 aromatic carbocycles. The molecule has 3 unspecified atom stereocenters. The van der Waals surface area contributed by atoms with Gasteiger partial charge in [0.05, 0.1) is 42.6 Å². The number of hydrogen-bond donors (Lipinski definition) is 0. The first-order valence-corrected chi connectivity index (χ1v) is 14.5. The lowest BCUT2D eigenvalue weighted by Crippen LogP contribution is -2.43. The normalized spacial score (nSPS) is 26.0. The van der Waals surface area contributed by atoms with Gasteiger partial charge in [0.15, 0.2) is 0 Å². The van der Waals surface area contributed by atoms with Crippen molar-refractivity contribution in [1.82, 2.24) is 0 Å². The number of sulfone groups is 1. The molecular weight excluding hydrogens is 398 g/mol. The lowest BCUT2D eigenvalue weighted by molar-refractivity contribution is -0.900. The van der Waals surface area contributed by atoms with Crippen LogP contribution >= 0.6 is 0 Å². The molecule has 0 amide bonds. The van der Waals surface area contributed by atoms with Gasteiger partial charge in [-0.3, -0.25) is 0 Å². The van der Waals surface area contributed by atoms with E-state index in [1.807, 2.05) is 0 Å². The number of hydrogen-bond acceptors (Lipinski definition) is 5. The molecule has 28 heavy (non-hydrogen) atoms. The standard InChI is InChI=1S/C20H41NO5S2/c1-4-5-6-7-8-9-10-11-12-13-14-21(2)15-19(17-27(3,22)23)20(16-21)18-28(24,25)26/h19-20H,4-18H2,1-3H3. The first-order valence-electron chi connectivity index (χ1n) is 10.9. The summed E-state index contributed by atoms with van der Waals surface area (Å²) in [7, 11) is -5.47. The molecule has 1 saturated heterocycles. The predicted molar refractivity (Wildman–Crippen MR) is 114 cm³/mol. The topological polar surface area (TPSA) is 91.3 Å². The van der Waals surface area contributed by atoms with Crippen molar-refractivity contribution in [3.8, 4) is 0 Å². The summed E-state index contributed by atoms with van der Waals surface area (Å²) in [4.78, 5) is 0. The van der Waals surface area contributed by atoms with Gasteiger partial charge < -0.3 is 9.04 Å². The van der Waals surface area contributed by atoms with Gasteiger partial charge in [0.2, 0.25) is 0 Å². The SMILES string of the molecule is CCCCCCCCCCCC[N+]1(C)CC(CS(C)(=O)=O)C(CS(=O)(=O)[O-])C1. The molecule has 1 heterocycles. The Morgan fingerprint density at radius 3 is 1.64 bits per heavy atom. The molecule has 0 aromatic rings. The van der Waals surface area contributed by atoms with Gasteiger partial charge in [0.25, 0.3) is 0 Å². The molecule has 0 saturated carbocycles. The minimum Gasteiger partial charge on any atom is -0.748 e. The largest absolute Gasteiger partial charge is 0.748 e. The minimum absolute atomic E-state index is 0.0287. The molecule has 0 bridgehead atoms. The van der Waals surface area contributed by atoms with Crippen LogP contribution in [0.1, 0.15) is 71.1 Å². The Hall–Kier alpha value is -0.180. The van der Waals surface area contributed by atoms with Gasteiger partial charge in [-0.1, -0.05) is 58.3 Å². The van der Waals surface area contributed by atoms with Gasteiger partial charge in [-0.15, -0.1) is 0 Å². The molecule has 6 nitrogen and oxygen atoms in total. The van der Waals surface area contributed by atoms with E-state index < -0.39 is 25.7 Å². The first-order chi connectivity index (χ1) is 12.9. The fourth-order valence-electron chi connectivity index (χ4n) is 4.70. The highest BCUT2D eigenvalue weighted by molar-refractivity contribution is 7.90. The second kappa shape index (κ2) is 11.9. The zero-order valence-electron chi connectivity index (χ0n) is 18.1. The fourth-order valence-corrected chi connectivity index (χ4v) is 6.75. The first kappa shape index (κ1) is 25.9. The van der Waals surface area contributed by atoms with Crippen LogP contribution in [0.3, 0.4) is 0 Å². The number of likely N-dealkylation sites (tertiary alicyclic amines) is 1. The summed E-state index contributed by atoms with van der Waals surface area (Å²) in [5, 5.41) is 0. The zero-order chi connectivity index (χ0) is 21.3. The van der Waals surface area contributed by atoms with Crippen molar-refractivity contribution in [1.29, 1.82) is 0 Å². The lowest BCUT2D eigenvalue weighted by Gasteiger charge is -2.30. The molecule has 0 aromatic heterocycles. The van der Waals surface area contributed by atoms with E-state index in [0.717, 1.165) is 19.4 Å². The third kappa shape index (κ3) is 11.7. The van der Waals surface area contributed by atoms with Crippen LogP contribution in [0, 0.1) is 11.8 Å². The summed E-state index contributed by atoms with van der Waals surface area (Å²) in [6.07, 6.45) is 13.8. The Morgan fingerprint density at radius 2 is 1.21 bits per heavy atom. The maximum Gasteiger partial charge on any atom is 0.147 e. The van der Waals surface area contributed by atoms with Crippen molar-refractivity contribution in [3.05, 3.63) is 0 Å². The van der Waals surface area contributed by atoms with Gasteiger partial charge in [-0.25, -0.2) is 16.8 Å². The summed E-state index contributed by atoms with van der Waals surface area (Å²) in [5.41, 5.74) is 0. The molecule has 8 heteroatoms. The second-order valence-electron chi connectivity index (χ2n) is 9.23. The number of unbranched alkanes of at least 4 members (excludes halogenated alkanes) is 9. The van der Waals surface area contributed by atoms with E-state index in [-0.39, 0.29) is 17.6 Å². The number of quaternary nitrogens is 1. The van der Waals surface area contributed by atoms with Gasteiger partial charge in [0, 0.05) is 23.8 Å². The Labute approximate surface area is 173 Å². The number of nitrogens with zero attached hydrogens (tertiary/aromatic N) is 1. The monoisotopic (exact) mass is 439 g/mol. The highest BCUT2D eigenvalue weighted by Gasteiger charge is 2.44. The Bertz CT molecular complexity index is 604. The van der Waals surface area contributed by atoms with Crippen LogP contribution in [0.2, 0.25) is 0 Å². The summed E-state index contributed by atoms with van der Waals surface area (Å²) >= 11 is 0. The van der Waals surface area contributed by atoms with Gasteiger partial charge >= 0.3 is 0 Å². The quantitative estimate of drug-likeness (QED) is 0.222. The maximum atomic E-state index is 11.7. The molecular formula is C20H41NO5S2. The van der Waals surface area contributed by atoms with E-state index in [4.69, 9.17) is 0 Å². The van der Waals surface area contributed by atoms with Gasteiger partial charge in [-0.05, 0) is 12.8 Å². The van der Waals surface area contributed by atoms with Crippen LogP contribution in [-0.4, -0.2) is 70.3 Å². The van der Waals surface area contributed by atoms with Gasteiger partial charge in [-0.2, -0.15) is 0 Å². The zero-order valence-corrected chi connectivity index (χ0v) is 19.7. The molecule has 0 radical (unpaired) electrons. The predicted octanol–water partition coefficient (Wildman–Crippen LogP) is 3.19. The fraction of sp³-hybridized carbons (Fsp3) is 1.00. The third-order valence-electron chi connectivity index (χ3n) is 6.00. The van der Waals surface area contributed by atoms with Crippen molar-refractivity contribution in [3.63, 3.8) is 0 Å². The van der Waals surface area contributed by atoms with E-state index in [0.29, 0.717) is 17.6 Å². The summed E-state index contributed by atoms with van der Waals surface area (Å²) in [5.74, 6) is -1.07. The summed E-state index contributed by atoms with van der Waals surface area (Å²) < 4.78 is 57.8. The molecule has 1 fully saturated rings. The summed E-state index contributed by atoms with van der Waals surface area (Å²) in [6, 6.07) is 0. The molecule has 0 spiro atoms. The van der Waals surface area contributed by atoms with E-state index in [9.17, 15) is 21.4 Å². The molecule has 0 N–H and O–H groups in total. The third-order valence-corrected chi connectivity index (χ3v) is 7.87. The van der Waals surface area contributed by atoms with Crippen LogP contribution in [0.25, 0.3) is 0 Å². The highest BCUT2D eigenvalue weighted by atomic mass is 32.2. The number of rotatable bonds is 15. The van der Waals surface area contributed by atoms with Crippen LogP contribution in [-0.2, 0) is 20.0 Å². The van der Waals surface area contributed by atoms with Crippen molar-refractivity contribution >= 4 is 20.0 Å². The Kier molecular flexibility index (Phi) is 11.0. The van der Waals surface area contributed by atoms with Crippen LogP contribution in [0.4, 0.5) is 0 Å².